The van der Waals surface area contributed by atoms with Crippen LogP contribution in [0.15, 0.2) is 36.4 Å². The van der Waals surface area contributed by atoms with Gasteiger partial charge in [0.2, 0.25) is 5.91 Å². The van der Waals surface area contributed by atoms with Crippen molar-refractivity contribution in [2.75, 3.05) is 21.3 Å². The molecule has 0 saturated heterocycles. The predicted octanol–water partition coefficient (Wildman–Crippen LogP) is 3.10. The molecule has 2 aromatic rings. The number of nitrogens with one attached hydrogen (secondary N) is 1. The standard InChI is InChI=1S/C19H22FNO4/c1-23-16-11-18(25-3)17(24-2)10-14(16)12-21-19(22)9-8-13-6-4-5-7-15(13)20/h4-7,10-11H,8-9,12H2,1-3H3,(H,21,22). The molecule has 0 aliphatic carbocycles. The fourth-order valence-electron chi connectivity index (χ4n) is 2.46. The van der Waals surface area contributed by atoms with Gasteiger partial charge in [-0.25, -0.2) is 4.39 Å². The van der Waals surface area contributed by atoms with Crippen molar-refractivity contribution in [1.82, 2.24) is 5.32 Å². The van der Waals surface area contributed by atoms with E-state index in [0.717, 1.165) is 5.56 Å². The summed E-state index contributed by atoms with van der Waals surface area (Å²) in [6.07, 6.45) is 0.554. The van der Waals surface area contributed by atoms with Gasteiger partial charge in [0.15, 0.2) is 11.5 Å². The lowest BCUT2D eigenvalue weighted by Gasteiger charge is -2.14. The average molecular weight is 347 g/mol. The van der Waals surface area contributed by atoms with Crippen LogP contribution in [0.1, 0.15) is 17.5 Å². The van der Waals surface area contributed by atoms with Gasteiger partial charge in [-0.1, -0.05) is 18.2 Å². The first-order valence-corrected chi connectivity index (χ1v) is 7.88. The lowest BCUT2D eigenvalue weighted by Crippen LogP contribution is -2.23. The third-order valence-corrected chi connectivity index (χ3v) is 3.84. The molecule has 0 atom stereocenters. The first-order chi connectivity index (χ1) is 12.1. The minimum atomic E-state index is -0.295. The van der Waals surface area contributed by atoms with Crippen molar-refractivity contribution in [3.63, 3.8) is 0 Å². The highest BCUT2D eigenvalue weighted by Gasteiger charge is 2.13. The lowest BCUT2D eigenvalue weighted by molar-refractivity contribution is -0.121. The van der Waals surface area contributed by atoms with Crippen molar-refractivity contribution in [3.05, 3.63) is 53.3 Å². The highest BCUT2D eigenvalue weighted by Crippen LogP contribution is 2.34. The highest BCUT2D eigenvalue weighted by atomic mass is 19.1. The number of rotatable bonds is 8. The number of hydrogen-bond acceptors (Lipinski definition) is 4. The van der Waals surface area contributed by atoms with Crippen LogP contribution in [0, 0.1) is 5.82 Å². The molecule has 0 heterocycles. The van der Waals surface area contributed by atoms with Gasteiger partial charge in [0, 0.05) is 24.6 Å². The normalized spacial score (nSPS) is 10.2. The Morgan fingerprint density at radius 3 is 2.24 bits per heavy atom. The van der Waals surface area contributed by atoms with Crippen LogP contribution < -0.4 is 19.5 Å². The van der Waals surface area contributed by atoms with Gasteiger partial charge in [0.25, 0.3) is 0 Å². The molecule has 0 aromatic heterocycles. The number of benzene rings is 2. The molecule has 0 aliphatic rings. The third-order valence-electron chi connectivity index (χ3n) is 3.84. The summed E-state index contributed by atoms with van der Waals surface area (Å²) in [7, 11) is 4.63. The topological polar surface area (TPSA) is 56.8 Å². The molecule has 0 saturated carbocycles. The molecule has 0 aliphatic heterocycles. The molecule has 1 amide bonds. The minimum absolute atomic E-state index is 0.167. The van der Waals surface area contributed by atoms with Crippen LogP contribution in [-0.4, -0.2) is 27.2 Å². The van der Waals surface area contributed by atoms with E-state index >= 15 is 0 Å². The zero-order valence-electron chi connectivity index (χ0n) is 14.6. The second-order valence-corrected chi connectivity index (χ2v) is 5.39. The largest absolute Gasteiger partial charge is 0.496 e. The molecule has 6 heteroatoms. The van der Waals surface area contributed by atoms with Crippen LogP contribution in [0.3, 0.4) is 0 Å². The summed E-state index contributed by atoms with van der Waals surface area (Å²) in [4.78, 5) is 12.0. The van der Waals surface area contributed by atoms with Crippen molar-refractivity contribution in [3.8, 4) is 17.2 Å². The number of carbonyl (C=O) groups is 1. The number of carbonyl (C=O) groups excluding carboxylic acids is 1. The molecule has 0 spiro atoms. The van der Waals surface area contributed by atoms with Gasteiger partial charge in [-0.3, -0.25) is 4.79 Å². The van der Waals surface area contributed by atoms with Crippen LogP contribution >= 0.6 is 0 Å². The quantitative estimate of drug-likeness (QED) is 0.797. The molecule has 134 valence electrons. The summed E-state index contributed by atoms with van der Waals surface area (Å²) >= 11 is 0. The maximum absolute atomic E-state index is 13.6. The van der Waals surface area contributed by atoms with Crippen LogP contribution in [0.5, 0.6) is 17.2 Å². The summed E-state index contributed by atoms with van der Waals surface area (Å²) in [5.41, 5.74) is 1.29. The third kappa shape index (κ3) is 4.86. The van der Waals surface area contributed by atoms with Gasteiger partial charge in [0.1, 0.15) is 11.6 Å². The second kappa shape index (κ2) is 8.92. The van der Waals surface area contributed by atoms with Crippen LogP contribution in [-0.2, 0) is 17.8 Å². The minimum Gasteiger partial charge on any atom is -0.496 e. The fourth-order valence-corrected chi connectivity index (χ4v) is 2.46. The van der Waals surface area contributed by atoms with E-state index in [2.05, 4.69) is 5.32 Å². The molecule has 25 heavy (non-hydrogen) atoms. The maximum atomic E-state index is 13.6. The first kappa shape index (κ1) is 18.6. The van der Waals surface area contributed by atoms with Crippen LogP contribution in [0.25, 0.3) is 0 Å². The predicted molar refractivity (Wildman–Crippen MR) is 92.7 cm³/mol. The Morgan fingerprint density at radius 1 is 0.960 bits per heavy atom. The Labute approximate surface area is 146 Å². The SMILES string of the molecule is COc1cc(OC)c(OC)cc1CNC(=O)CCc1ccccc1F. The van der Waals surface area contributed by atoms with Gasteiger partial charge in [-0.15, -0.1) is 0 Å². The summed E-state index contributed by atoms with van der Waals surface area (Å²) in [6, 6.07) is 9.92. The van der Waals surface area contributed by atoms with E-state index in [1.54, 1.807) is 51.7 Å². The van der Waals surface area contributed by atoms with Crippen molar-refractivity contribution in [2.24, 2.45) is 0 Å². The molecule has 5 nitrogen and oxygen atoms in total. The van der Waals surface area contributed by atoms with E-state index in [1.807, 2.05) is 0 Å². The van der Waals surface area contributed by atoms with Gasteiger partial charge >= 0.3 is 0 Å². The Hall–Kier alpha value is -2.76. The zero-order chi connectivity index (χ0) is 18.2. The molecule has 0 radical (unpaired) electrons. The average Bonchev–Trinajstić information content (AvgIpc) is 2.64. The van der Waals surface area contributed by atoms with E-state index < -0.39 is 0 Å². The molecule has 0 fully saturated rings. The summed E-state index contributed by atoms with van der Waals surface area (Å²) in [6.45, 7) is 0.277. The van der Waals surface area contributed by atoms with Gasteiger partial charge in [-0.2, -0.15) is 0 Å². The lowest BCUT2D eigenvalue weighted by atomic mass is 10.1. The van der Waals surface area contributed by atoms with E-state index in [4.69, 9.17) is 14.2 Å². The summed E-state index contributed by atoms with van der Waals surface area (Å²) in [5.74, 6) is 1.23. The summed E-state index contributed by atoms with van der Waals surface area (Å²) < 4.78 is 29.4. The van der Waals surface area contributed by atoms with E-state index in [0.29, 0.717) is 29.2 Å². The molecule has 0 unspecified atom stereocenters. The number of hydrogen-bond donors (Lipinski definition) is 1. The number of amides is 1. The van der Waals surface area contributed by atoms with Crippen molar-refractivity contribution < 1.29 is 23.4 Å². The first-order valence-electron chi connectivity index (χ1n) is 7.88. The van der Waals surface area contributed by atoms with Gasteiger partial charge in [0.05, 0.1) is 21.3 Å². The Bertz CT molecular complexity index is 733. The molecule has 2 rings (SSSR count). The van der Waals surface area contributed by atoms with Crippen LogP contribution in [0.2, 0.25) is 0 Å². The van der Waals surface area contributed by atoms with Crippen LogP contribution in [0.4, 0.5) is 4.39 Å². The molecule has 1 N–H and O–H groups in total. The molecular formula is C19H22FNO4. The Morgan fingerprint density at radius 2 is 1.60 bits per heavy atom. The number of ether oxygens (including phenoxy) is 3. The Balaban J connectivity index is 1.98. The molecular weight excluding hydrogens is 325 g/mol. The van der Waals surface area contributed by atoms with Gasteiger partial charge < -0.3 is 19.5 Å². The van der Waals surface area contributed by atoms with Gasteiger partial charge in [-0.05, 0) is 24.1 Å². The molecule has 0 bridgehead atoms. The number of methoxy groups -OCH3 is 3. The maximum Gasteiger partial charge on any atom is 0.220 e. The fraction of sp³-hybridized carbons (Fsp3) is 0.316. The highest BCUT2D eigenvalue weighted by molar-refractivity contribution is 5.76. The molecule has 2 aromatic carbocycles. The van der Waals surface area contributed by atoms with E-state index in [9.17, 15) is 9.18 Å². The smallest absolute Gasteiger partial charge is 0.220 e. The number of halogens is 1. The number of aryl methyl sites for hydroxylation is 1. The second-order valence-electron chi connectivity index (χ2n) is 5.39. The van der Waals surface area contributed by atoms with E-state index in [1.165, 1.54) is 6.07 Å². The monoisotopic (exact) mass is 347 g/mol. The van der Waals surface area contributed by atoms with E-state index in [-0.39, 0.29) is 24.7 Å². The summed E-state index contributed by atoms with van der Waals surface area (Å²) in [5, 5.41) is 2.81. The van der Waals surface area contributed by atoms with Crippen molar-refractivity contribution in [1.29, 1.82) is 0 Å². The van der Waals surface area contributed by atoms with Crippen molar-refractivity contribution in [2.45, 2.75) is 19.4 Å². The van der Waals surface area contributed by atoms with Crippen molar-refractivity contribution >= 4 is 5.91 Å². The zero-order valence-corrected chi connectivity index (χ0v) is 14.6. The Kier molecular flexibility index (Phi) is 6.62.